The Balaban J connectivity index is 1.56. The maximum absolute atomic E-state index is 12.3. The number of benzene rings is 1. The third-order valence-electron chi connectivity index (χ3n) is 4.52. The SMILES string of the molecule is CC1CC(CN)CN1C(=O)CNC(=O)c1cc(-c2ccccc2)on1. The van der Waals surface area contributed by atoms with Gasteiger partial charge < -0.3 is 20.5 Å². The lowest BCUT2D eigenvalue weighted by Crippen LogP contribution is -2.42. The summed E-state index contributed by atoms with van der Waals surface area (Å²) in [6, 6.07) is 11.1. The highest BCUT2D eigenvalue weighted by atomic mass is 16.5. The molecule has 2 heterocycles. The van der Waals surface area contributed by atoms with Crippen LogP contribution in [0.3, 0.4) is 0 Å². The average Bonchev–Trinajstić information content (AvgIpc) is 3.27. The minimum atomic E-state index is -0.429. The number of aromatic nitrogens is 1. The van der Waals surface area contributed by atoms with Crippen LogP contribution in [0.25, 0.3) is 11.3 Å². The molecule has 1 aromatic heterocycles. The molecule has 1 aliphatic rings. The van der Waals surface area contributed by atoms with E-state index in [9.17, 15) is 9.59 Å². The van der Waals surface area contributed by atoms with E-state index in [1.807, 2.05) is 37.3 Å². The molecule has 0 spiro atoms. The van der Waals surface area contributed by atoms with Crippen LogP contribution >= 0.6 is 0 Å². The fourth-order valence-electron chi connectivity index (χ4n) is 3.13. The zero-order chi connectivity index (χ0) is 17.8. The summed E-state index contributed by atoms with van der Waals surface area (Å²) in [6.07, 6.45) is 0.903. The van der Waals surface area contributed by atoms with Crippen molar-refractivity contribution in [3.8, 4) is 11.3 Å². The Kier molecular flexibility index (Phi) is 5.14. The van der Waals surface area contributed by atoms with Crippen molar-refractivity contribution in [2.75, 3.05) is 19.6 Å². The van der Waals surface area contributed by atoms with Gasteiger partial charge in [-0.15, -0.1) is 0 Å². The molecular formula is C18H22N4O3. The van der Waals surface area contributed by atoms with Gasteiger partial charge in [0.25, 0.3) is 5.91 Å². The topological polar surface area (TPSA) is 101 Å². The number of hydrogen-bond donors (Lipinski definition) is 2. The van der Waals surface area contributed by atoms with E-state index < -0.39 is 5.91 Å². The molecule has 1 aliphatic heterocycles. The molecule has 132 valence electrons. The van der Waals surface area contributed by atoms with Gasteiger partial charge in [0.05, 0.1) is 6.54 Å². The number of carbonyl (C=O) groups excluding carboxylic acids is 2. The van der Waals surface area contributed by atoms with Gasteiger partial charge in [0.2, 0.25) is 5.91 Å². The zero-order valence-corrected chi connectivity index (χ0v) is 14.1. The number of nitrogens with two attached hydrogens (primary N) is 1. The highest BCUT2D eigenvalue weighted by Gasteiger charge is 2.31. The highest BCUT2D eigenvalue weighted by molar-refractivity contribution is 5.95. The maximum atomic E-state index is 12.3. The normalized spacial score (nSPS) is 19.8. The van der Waals surface area contributed by atoms with Crippen LogP contribution in [0.5, 0.6) is 0 Å². The standard InChI is InChI=1S/C18H22N4O3/c1-12-7-13(9-19)11-22(12)17(23)10-20-18(24)15-8-16(25-21-15)14-5-3-2-4-6-14/h2-6,8,12-13H,7,9-11,19H2,1H3,(H,20,24). The van der Waals surface area contributed by atoms with Crippen molar-refractivity contribution in [3.05, 3.63) is 42.1 Å². The van der Waals surface area contributed by atoms with E-state index in [-0.39, 0.29) is 24.2 Å². The van der Waals surface area contributed by atoms with Crippen molar-refractivity contribution in [1.82, 2.24) is 15.4 Å². The Bertz CT molecular complexity index is 744. The molecule has 7 nitrogen and oxygen atoms in total. The summed E-state index contributed by atoms with van der Waals surface area (Å²) in [5, 5.41) is 6.39. The highest BCUT2D eigenvalue weighted by Crippen LogP contribution is 2.22. The molecule has 1 aromatic carbocycles. The molecule has 1 saturated heterocycles. The molecule has 1 fully saturated rings. The van der Waals surface area contributed by atoms with Crippen LogP contribution in [0.1, 0.15) is 23.8 Å². The molecule has 2 atom stereocenters. The number of likely N-dealkylation sites (tertiary alicyclic amines) is 1. The Morgan fingerprint density at radius 1 is 1.36 bits per heavy atom. The third kappa shape index (κ3) is 3.88. The molecule has 3 rings (SSSR count). The Morgan fingerprint density at radius 2 is 2.12 bits per heavy atom. The zero-order valence-electron chi connectivity index (χ0n) is 14.1. The fraction of sp³-hybridized carbons (Fsp3) is 0.389. The summed E-state index contributed by atoms with van der Waals surface area (Å²) in [5.74, 6) is 0.305. The van der Waals surface area contributed by atoms with Gasteiger partial charge in [-0.25, -0.2) is 0 Å². The maximum Gasteiger partial charge on any atom is 0.273 e. The summed E-state index contributed by atoms with van der Waals surface area (Å²) in [5.41, 5.74) is 6.67. The van der Waals surface area contributed by atoms with Crippen LogP contribution in [0, 0.1) is 5.92 Å². The summed E-state index contributed by atoms with van der Waals surface area (Å²) in [6.45, 7) is 3.16. The number of nitrogens with zero attached hydrogens (tertiary/aromatic N) is 2. The minimum Gasteiger partial charge on any atom is -0.355 e. The third-order valence-corrected chi connectivity index (χ3v) is 4.52. The van der Waals surface area contributed by atoms with E-state index in [0.717, 1.165) is 12.0 Å². The van der Waals surface area contributed by atoms with Gasteiger partial charge >= 0.3 is 0 Å². The van der Waals surface area contributed by atoms with E-state index in [1.54, 1.807) is 11.0 Å². The summed E-state index contributed by atoms with van der Waals surface area (Å²) in [4.78, 5) is 26.3. The Hall–Kier alpha value is -2.67. The molecule has 2 aromatic rings. The lowest BCUT2D eigenvalue weighted by atomic mass is 10.1. The van der Waals surface area contributed by atoms with Gasteiger partial charge in [0.15, 0.2) is 11.5 Å². The quantitative estimate of drug-likeness (QED) is 0.852. The van der Waals surface area contributed by atoms with Crippen molar-refractivity contribution in [1.29, 1.82) is 0 Å². The van der Waals surface area contributed by atoms with Gasteiger partial charge in [-0.3, -0.25) is 9.59 Å². The smallest absolute Gasteiger partial charge is 0.273 e. The molecule has 0 aliphatic carbocycles. The first-order valence-electron chi connectivity index (χ1n) is 8.38. The average molecular weight is 342 g/mol. The number of nitrogens with one attached hydrogen (secondary N) is 1. The van der Waals surface area contributed by atoms with E-state index >= 15 is 0 Å². The number of hydrogen-bond acceptors (Lipinski definition) is 5. The second-order valence-electron chi connectivity index (χ2n) is 6.36. The van der Waals surface area contributed by atoms with Gasteiger partial charge in [0, 0.05) is 24.2 Å². The second-order valence-corrected chi connectivity index (χ2v) is 6.36. The largest absolute Gasteiger partial charge is 0.355 e. The van der Waals surface area contributed by atoms with Crippen molar-refractivity contribution in [2.24, 2.45) is 11.7 Å². The molecule has 0 radical (unpaired) electrons. The fourth-order valence-corrected chi connectivity index (χ4v) is 3.13. The molecule has 2 unspecified atom stereocenters. The predicted molar refractivity (Wildman–Crippen MR) is 92.6 cm³/mol. The molecule has 0 saturated carbocycles. The van der Waals surface area contributed by atoms with Crippen LogP contribution in [0.15, 0.2) is 40.9 Å². The van der Waals surface area contributed by atoms with Crippen LogP contribution in [-0.2, 0) is 4.79 Å². The summed E-state index contributed by atoms with van der Waals surface area (Å²) < 4.78 is 5.20. The van der Waals surface area contributed by atoms with Gasteiger partial charge in [0.1, 0.15) is 0 Å². The lowest BCUT2D eigenvalue weighted by molar-refractivity contribution is -0.130. The Labute approximate surface area is 146 Å². The summed E-state index contributed by atoms with van der Waals surface area (Å²) in [7, 11) is 0. The lowest BCUT2D eigenvalue weighted by Gasteiger charge is -2.21. The minimum absolute atomic E-state index is 0.0615. The van der Waals surface area contributed by atoms with E-state index in [2.05, 4.69) is 10.5 Å². The van der Waals surface area contributed by atoms with E-state index in [1.165, 1.54) is 0 Å². The van der Waals surface area contributed by atoms with Crippen molar-refractivity contribution < 1.29 is 14.1 Å². The molecule has 0 bridgehead atoms. The van der Waals surface area contributed by atoms with Crippen molar-refractivity contribution in [3.63, 3.8) is 0 Å². The summed E-state index contributed by atoms with van der Waals surface area (Å²) >= 11 is 0. The number of amides is 2. The molecule has 3 N–H and O–H groups in total. The second kappa shape index (κ2) is 7.48. The Morgan fingerprint density at radius 3 is 2.80 bits per heavy atom. The first-order valence-corrected chi connectivity index (χ1v) is 8.38. The van der Waals surface area contributed by atoms with E-state index in [0.29, 0.717) is 24.8 Å². The molecule has 7 heteroatoms. The van der Waals surface area contributed by atoms with Crippen molar-refractivity contribution >= 4 is 11.8 Å². The monoisotopic (exact) mass is 342 g/mol. The van der Waals surface area contributed by atoms with E-state index in [4.69, 9.17) is 10.3 Å². The van der Waals surface area contributed by atoms with Crippen LogP contribution in [0.4, 0.5) is 0 Å². The molecule has 2 amide bonds. The van der Waals surface area contributed by atoms with Crippen LogP contribution in [-0.4, -0.2) is 47.5 Å². The first kappa shape index (κ1) is 17.2. The van der Waals surface area contributed by atoms with Crippen LogP contribution < -0.4 is 11.1 Å². The number of rotatable bonds is 5. The van der Waals surface area contributed by atoms with Gasteiger partial charge in [-0.05, 0) is 25.8 Å². The number of carbonyl (C=O) groups is 2. The first-order chi connectivity index (χ1) is 12.1. The van der Waals surface area contributed by atoms with Gasteiger partial charge in [-0.2, -0.15) is 0 Å². The van der Waals surface area contributed by atoms with Crippen molar-refractivity contribution in [2.45, 2.75) is 19.4 Å². The van der Waals surface area contributed by atoms with Crippen LogP contribution in [0.2, 0.25) is 0 Å². The molecular weight excluding hydrogens is 320 g/mol. The predicted octanol–water partition coefficient (Wildman–Crippen LogP) is 1.27. The molecule has 25 heavy (non-hydrogen) atoms. The van der Waals surface area contributed by atoms with Gasteiger partial charge in [-0.1, -0.05) is 35.5 Å².